The molecule has 1 rings (SSSR count). The van der Waals surface area contributed by atoms with Gasteiger partial charge in [-0.25, -0.2) is 0 Å². The predicted octanol–water partition coefficient (Wildman–Crippen LogP) is 3.48. The van der Waals surface area contributed by atoms with Crippen molar-refractivity contribution in [1.29, 1.82) is 0 Å². The second kappa shape index (κ2) is 7.08. The van der Waals surface area contributed by atoms with Gasteiger partial charge >= 0.3 is 5.97 Å². The minimum Gasteiger partial charge on any atom is -0.462 e. The van der Waals surface area contributed by atoms with Crippen LogP contribution in [0.3, 0.4) is 0 Å². The van der Waals surface area contributed by atoms with E-state index in [2.05, 4.69) is 6.92 Å². The molecular weight excluding hydrogens is 292 g/mol. The molecule has 1 aliphatic rings. The highest BCUT2D eigenvalue weighted by molar-refractivity contribution is 5.72. The second-order valence-corrected chi connectivity index (χ2v) is 9.08. The summed E-state index contributed by atoms with van der Waals surface area (Å²) in [6.45, 7) is 13.9. The Labute approximate surface area is 141 Å². The Morgan fingerprint density at radius 2 is 1.78 bits per heavy atom. The number of carbonyl (C=O) groups is 1. The standard InChI is InChI=1S/C18H36N2O3/c1-8-9-13(10-16(2,3)19)15(21)23-14-11-17(4,5)20(22)18(6,7)12-14/h13-14,22H,8-12,19H2,1-7H3. The molecule has 0 saturated carbocycles. The van der Waals surface area contributed by atoms with Crippen LogP contribution in [0.1, 0.15) is 80.6 Å². The van der Waals surface area contributed by atoms with Crippen LogP contribution >= 0.6 is 0 Å². The minimum absolute atomic E-state index is 0.145. The molecular formula is C18H36N2O3. The van der Waals surface area contributed by atoms with Crippen molar-refractivity contribution in [1.82, 2.24) is 5.06 Å². The number of esters is 1. The summed E-state index contributed by atoms with van der Waals surface area (Å²) in [5.74, 6) is -0.299. The molecule has 5 heteroatoms. The average molecular weight is 328 g/mol. The van der Waals surface area contributed by atoms with Crippen LogP contribution in [0.4, 0.5) is 0 Å². The van der Waals surface area contributed by atoms with Crippen LogP contribution < -0.4 is 5.73 Å². The maximum atomic E-state index is 12.6. The van der Waals surface area contributed by atoms with E-state index in [1.54, 1.807) is 0 Å². The molecule has 1 atom stereocenters. The Hall–Kier alpha value is -0.650. The largest absolute Gasteiger partial charge is 0.462 e. The molecule has 136 valence electrons. The lowest BCUT2D eigenvalue weighted by Gasteiger charge is -2.51. The summed E-state index contributed by atoms with van der Waals surface area (Å²) in [5.41, 5.74) is 4.88. The minimum atomic E-state index is -0.417. The number of nitrogens with two attached hydrogens (primary N) is 1. The number of ether oxygens (including phenoxy) is 1. The zero-order chi connectivity index (χ0) is 18.1. The highest BCUT2D eigenvalue weighted by Gasteiger charge is 2.46. The SMILES string of the molecule is CCCC(CC(C)(C)N)C(=O)OC1CC(C)(C)N(O)C(C)(C)C1. The van der Waals surface area contributed by atoms with Crippen LogP contribution in [0.5, 0.6) is 0 Å². The van der Waals surface area contributed by atoms with Crippen molar-refractivity contribution in [2.75, 3.05) is 0 Å². The van der Waals surface area contributed by atoms with Gasteiger partial charge in [0.2, 0.25) is 0 Å². The Morgan fingerprint density at radius 3 is 2.17 bits per heavy atom. The smallest absolute Gasteiger partial charge is 0.309 e. The third-order valence-electron chi connectivity index (χ3n) is 4.63. The molecule has 3 N–H and O–H groups in total. The third kappa shape index (κ3) is 5.73. The lowest BCUT2D eigenvalue weighted by molar-refractivity contribution is -0.260. The average Bonchev–Trinajstić information content (AvgIpc) is 2.33. The highest BCUT2D eigenvalue weighted by Crippen LogP contribution is 2.38. The Bertz CT molecular complexity index is 395. The molecule has 0 aromatic heterocycles. The zero-order valence-electron chi connectivity index (χ0n) is 16.0. The first-order valence-corrected chi connectivity index (χ1v) is 8.77. The Morgan fingerprint density at radius 1 is 1.30 bits per heavy atom. The molecule has 1 fully saturated rings. The van der Waals surface area contributed by atoms with E-state index in [-0.39, 0.29) is 23.5 Å². The van der Waals surface area contributed by atoms with Crippen LogP contribution in [0, 0.1) is 5.92 Å². The summed E-state index contributed by atoms with van der Waals surface area (Å²) in [7, 11) is 0. The number of hydroxylamine groups is 2. The monoisotopic (exact) mass is 328 g/mol. The summed E-state index contributed by atoms with van der Waals surface area (Å²) in [6.07, 6.45) is 3.45. The summed E-state index contributed by atoms with van der Waals surface area (Å²) < 4.78 is 5.84. The fraction of sp³-hybridized carbons (Fsp3) is 0.944. The number of nitrogens with zero attached hydrogens (tertiary/aromatic N) is 1. The molecule has 0 aliphatic carbocycles. The maximum Gasteiger partial charge on any atom is 0.309 e. The van der Waals surface area contributed by atoms with Crippen LogP contribution in [0.25, 0.3) is 0 Å². The van der Waals surface area contributed by atoms with Gasteiger partial charge in [-0.15, -0.1) is 0 Å². The van der Waals surface area contributed by atoms with E-state index in [0.717, 1.165) is 12.8 Å². The maximum absolute atomic E-state index is 12.6. The molecule has 1 saturated heterocycles. The summed E-state index contributed by atoms with van der Waals surface area (Å²) in [5, 5.41) is 11.7. The summed E-state index contributed by atoms with van der Waals surface area (Å²) in [6, 6.07) is 0. The third-order valence-corrected chi connectivity index (χ3v) is 4.63. The number of carbonyl (C=O) groups excluding carboxylic acids is 1. The van der Waals surface area contributed by atoms with Crippen LogP contribution in [0.2, 0.25) is 0 Å². The van der Waals surface area contributed by atoms with Crippen molar-refractivity contribution in [3.8, 4) is 0 Å². The molecule has 0 amide bonds. The molecule has 0 radical (unpaired) electrons. The van der Waals surface area contributed by atoms with Gasteiger partial charge in [-0.1, -0.05) is 13.3 Å². The molecule has 23 heavy (non-hydrogen) atoms. The van der Waals surface area contributed by atoms with Crippen molar-refractivity contribution < 1.29 is 14.7 Å². The van der Waals surface area contributed by atoms with Gasteiger partial charge < -0.3 is 15.7 Å². The van der Waals surface area contributed by atoms with Crippen molar-refractivity contribution >= 4 is 5.97 Å². The van der Waals surface area contributed by atoms with Gasteiger partial charge in [0.1, 0.15) is 6.10 Å². The predicted molar refractivity (Wildman–Crippen MR) is 92.2 cm³/mol. The zero-order valence-corrected chi connectivity index (χ0v) is 16.0. The first kappa shape index (κ1) is 20.4. The van der Waals surface area contributed by atoms with Crippen molar-refractivity contribution in [2.24, 2.45) is 11.7 Å². The molecule has 1 aliphatic heterocycles. The first-order chi connectivity index (χ1) is 10.3. The van der Waals surface area contributed by atoms with Gasteiger partial charge in [0, 0.05) is 29.5 Å². The van der Waals surface area contributed by atoms with Gasteiger partial charge in [0.05, 0.1) is 5.92 Å². The van der Waals surface area contributed by atoms with E-state index < -0.39 is 11.1 Å². The van der Waals surface area contributed by atoms with Crippen LogP contribution in [-0.2, 0) is 9.53 Å². The quantitative estimate of drug-likeness (QED) is 0.730. The van der Waals surface area contributed by atoms with E-state index >= 15 is 0 Å². The van der Waals surface area contributed by atoms with Gasteiger partial charge in [-0.2, -0.15) is 5.06 Å². The first-order valence-electron chi connectivity index (χ1n) is 8.77. The van der Waals surface area contributed by atoms with Crippen molar-refractivity contribution in [2.45, 2.75) is 103 Å². The van der Waals surface area contributed by atoms with Crippen LogP contribution in [-0.4, -0.2) is 39.0 Å². The topological polar surface area (TPSA) is 75.8 Å². The normalized spacial score (nSPS) is 23.5. The summed E-state index contributed by atoms with van der Waals surface area (Å²) >= 11 is 0. The molecule has 1 heterocycles. The Kier molecular flexibility index (Phi) is 6.27. The van der Waals surface area contributed by atoms with Crippen LogP contribution in [0.15, 0.2) is 0 Å². The molecule has 0 aromatic carbocycles. The number of rotatable bonds is 6. The van der Waals surface area contributed by atoms with E-state index in [1.807, 2.05) is 41.5 Å². The molecule has 0 bridgehead atoms. The van der Waals surface area contributed by atoms with Gasteiger partial charge in [-0.05, 0) is 54.4 Å². The van der Waals surface area contributed by atoms with Crippen molar-refractivity contribution in [3.63, 3.8) is 0 Å². The Balaban J connectivity index is 2.78. The van der Waals surface area contributed by atoms with Gasteiger partial charge in [0.25, 0.3) is 0 Å². The number of piperidine rings is 1. The van der Waals surface area contributed by atoms with E-state index in [9.17, 15) is 10.0 Å². The molecule has 5 nitrogen and oxygen atoms in total. The van der Waals surface area contributed by atoms with E-state index in [0.29, 0.717) is 19.3 Å². The summed E-state index contributed by atoms with van der Waals surface area (Å²) in [4.78, 5) is 12.6. The number of hydrogen-bond donors (Lipinski definition) is 2. The fourth-order valence-corrected chi connectivity index (χ4v) is 3.81. The fourth-order valence-electron chi connectivity index (χ4n) is 3.81. The molecule has 1 unspecified atom stereocenters. The highest BCUT2D eigenvalue weighted by atomic mass is 16.5. The van der Waals surface area contributed by atoms with E-state index in [4.69, 9.17) is 10.5 Å². The second-order valence-electron chi connectivity index (χ2n) is 9.08. The lowest BCUT2D eigenvalue weighted by atomic mass is 9.80. The molecule has 0 aromatic rings. The van der Waals surface area contributed by atoms with Gasteiger partial charge in [-0.3, -0.25) is 4.79 Å². The number of hydrogen-bond acceptors (Lipinski definition) is 5. The lowest BCUT2D eigenvalue weighted by Crippen LogP contribution is -2.60. The van der Waals surface area contributed by atoms with Gasteiger partial charge in [0.15, 0.2) is 0 Å². The van der Waals surface area contributed by atoms with Crippen molar-refractivity contribution in [3.05, 3.63) is 0 Å². The molecule has 0 spiro atoms. The van der Waals surface area contributed by atoms with E-state index in [1.165, 1.54) is 5.06 Å².